The molecule has 136 valence electrons. The third kappa shape index (κ3) is 2.24. The lowest BCUT2D eigenvalue weighted by atomic mass is 9.80. The summed E-state index contributed by atoms with van der Waals surface area (Å²) in [5.74, 6) is -2.04. The molecule has 2 aliphatic heterocycles. The lowest BCUT2D eigenvalue weighted by Crippen LogP contribution is -2.50. The van der Waals surface area contributed by atoms with Crippen LogP contribution in [-0.2, 0) is 19.8 Å². The van der Waals surface area contributed by atoms with Gasteiger partial charge in [-0.2, -0.15) is 12.7 Å². The predicted molar refractivity (Wildman–Crippen MR) is 95.3 cm³/mol. The van der Waals surface area contributed by atoms with Gasteiger partial charge in [0.25, 0.3) is 0 Å². The number of carbonyl (C=O) groups is 2. The SMILES string of the molecule is CN(C)S(=O)(=O)N1C=NC2=CC[C@H]3C(=O)N(c4ccccc4)C(=O)[C@H]3[C@H]21. The number of amides is 2. The quantitative estimate of drug-likeness (QED) is 0.725. The van der Waals surface area contributed by atoms with E-state index in [-0.39, 0.29) is 11.8 Å². The summed E-state index contributed by atoms with van der Waals surface area (Å²) in [7, 11) is -0.975. The first kappa shape index (κ1) is 16.9. The molecule has 8 nitrogen and oxygen atoms in total. The molecule has 3 atom stereocenters. The molecule has 1 aromatic rings. The van der Waals surface area contributed by atoms with Crippen molar-refractivity contribution in [1.82, 2.24) is 8.61 Å². The molecular formula is C17H18N4O4S. The molecule has 0 spiro atoms. The average Bonchev–Trinajstić information content (AvgIpc) is 3.15. The highest BCUT2D eigenvalue weighted by Gasteiger charge is 2.57. The van der Waals surface area contributed by atoms with Gasteiger partial charge in [-0.15, -0.1) is 0 Å². The van der Waals surface area contributed by atoms with Crippen molar-refractivity contribution in [2.75, 3.05) is 19.0 Å². The minimum atomic E-state index is -3.81. The molecule has 0 radical (unpaired) electrons. The number of aliphatic imine (C=N–C) groups is 1. The summed E-state index contributed by atoms with van der Waals surface area (Å²) in [5, 5.41) is 0. The van der Waals surface area contributed by atoms with Crippen LogP contribution in [0.2, 0.25) is 0 Å². The molecule has 4 rings (SSSR count). The molecule has 1 aromatic carbocycles. The van der Waals surface area contributed by atoms with Crippen molar-refractivity contribution in [3.05, 3.63) is 42.1 Å². The number of fused-ring (bicyclic) bond motifs is 3. The van der Waals surface area contributed by atoms with Gasteiger partial charge in [0.2, 0.25) is 11.8 Å². The molecule has 1 saturated heterocycles. The maximum absolute atomic E-state index is 13.1. The zero-order valence-electron chi connectivity index (χ0n) is 14.3. The summed E-state index contributed by atoms with van der Waals surface area (Å²) in [4.78, 5) is 31.4. The van der Waals surface area contributed by atoms with Crippen LogP contribution in [0.3, 0.4) is 0 Å². The van der Waals surface area contributed by atoms with E-state index in [1.165, 1.54) is 25.3 Å². The van der Waals surface area contributed by atoms with Gasteiger partial charge in [0.15, 0.2) is 0 Å². The number of allylic oxidation sites excluding steroid dienone is 1. The third-order valence-corrected chi connectivity index (χ3v) is 6.81. The second-order valence-electron chi connectivity index (χ2n) is 6.65. The van der Waals surface area contributed by atoms with Crippen molar-refractivity contribution in [2.24, 2.45) is 16.8 Å². The summed E-state index contributed by atoms with van der Waals surface area (Å²) in [6.45, 7) is 0. The van der Waals surface area contributed by atoms with Crippen molar-refractivity contribution in [3.8, 4) is 0 Å². The first-order valence-corrected chi connectivity index (χ1v) is 9.62. The third-order valence-electron chi connectivity index (χ3n) is 5.04. The standard InChI is InChI=1S/C17H18N4O4S/c1-19(2)26(24,25)20-10-18-13-9-8-12-14(15(13)20)17(23)21(16(12)22)11-6-4-3-5-7-11/h3-7,9-10,12,14-15H,8H2,1-2H3/t12-,14-,15+/m1/s1. The Balaban J connectivity index is 1.76. The Morgan fingerprint density at radius 3 is 2.46 bits per heavy atom. The van der Waals surface area contributed by atoms with E-state index in [0.717, 1.165) is 8.61 Å². The molecule has 2 heterocycles. The summed E-state index contributed by atoms with van der Waals surface area (Å²) in [6, 6.07) is 7.91. The van der Waals surface area contributed by atoms with Crippen LogP contribution in [0.15, 0.2) is 47.1 Å². The lowest BCUT2D eigenvalue weighted by molar-refractivity contribution is -0.122. The Hall–Kier alpha value is -2.52. The number of imide groups is 1. The Morgan fingerprint density at radius 2 is 1.81 bits per heavy atom. The van der Waals surface area contributed by atoms with E-state index >= 15 is 0 Å². The van der Waals surface area contributed by atoms with Crippen molar-refractivity contribution in [3.63, 3.8) is 0 Å². The number of para-hydroxylation sites is 1. The van der Waals surface area contributed by atoms with Crippen molar-refractivity contribution in [1.29, 1.82) is 0 Å². The van der Waals surface area contributed by atoms with Gasteiger partial charge < -0.3 is 0 Å². The molecule has 0 unspecified atom stereocenters. The molecule has 0 N–H and O–H groups in total. The molecule has 26 heavy (non-hydrogen) atoms. The van der Waals surface area contributed by atoms with Crippen molar-refractivity contribution in [2.45, 2.75) is 12.5 Å². The number of carbonyl (C=O) groups excluding carboxylic acids is 2. The fourth-order valence-corrected chi connectivity index (χ4v) is 4.81. The fourth-order valence-electron chi connectivity index (χ4n) is 3.74. The minimum absolute atomic E-state index is 0.296. The molecule has 0 aromatic heterocycles. The Morgan fingerprint density at radius 1 is 1.12 bits per heavy atom. The van der Waals surface area contributed by atoms with Gasteiger partial charge in [-0.3, -0.25) is 9.59 Å². The van der Waals surface area contributed by atoms with E-state index in [9.17, 15) is 18.0 Å². The second kappa shape index (κ2) is 5.75. The normalized spacial score (nSPS) is 27.8. The maximum Gasteiger partial charge on any atom is 0.304 e. The van der Waals surface area contributed by atoms with E-state index in [0.29, 0.717) is 17.8 Å². The van der Waals surface area contributed by atoms with Gasteiger partial charge >= 0.3 is 10.2 Å². The van der Waals surface area contributed by atoms with Crippen LogP contribution in [0, 0.1) is 11.8 Å². The first-order chi connectivity index (χ1) is 12.3. The largest absolute Gasteiger partial charge is 0.304 e. The van der Waals surface area contributed by atoms with Crippen LogP contribution in [0.25, 0.3) is 0 Å². The second-order valence-corrected chi connectivity index (χ2v) is 8.70. The van der Waals surface area contributed by atoms with Crippen LogP contribution < -0.4 is 4.90 Å². The van der Waals surface area contributed by atoms with Crippen LogP contribution >= 0.6 is 0 Å². The van der Waals surface area contributed by atoms with E-state index in [1.54, 1.807) is 36.4 Å². The Bertz CT molecular complexity index is 939. The van der Waals surface area contributed by atoms with Gasteiger partial charge in [0, 0.05) is 14.1 Å². The zero-order chi connectivity index (χ0) is 18.6. The number of hydrogen-bond donors (Lipinski definition) is 0. The topological polar surface area (TPSA) is 90.4 Å². The van der Waals surface area contributed by atoms with Gasteiger partial charge in [-0.25, -0.2) is 14.2 Å². The monoisotopic (exact) mass is 374 g/mol. The van der Waals surface area contributed by atoms with Crippen LogP contribution in [-0.4, -0.2) is 55.3 Å². The van der Waals surface area contributed by atoms with E-state index in [4.69, 9.17) is 0 Å². The number of anilines is 1. The zero-order valence-corrected chi connectivity index (χ0v) is 15.1. The highest BCUT2D eigenvalue weighted by Crippen LogP contribution is 2.44. The highest BCUT2D eigenvalue weighted by atomic mass is 32.2. The highest BCUT2D eigenvalue weighted by molar-refractivity contribution is 7.87. The predicted octanol–water partition coefficient (Wildman–Crippen LogP) is 0.599. The molecular weight excluding hydrogens is 356 g/mol. The summed E-state index contributed by atoms with van der Waals surface area (Å²) >= 11 is 0. The maximum atomic E-state index is 13.1. The van der Waals surface area contributed by atoms with E-state index in [1.807, 2.05) is 0 Å². The smallest absolute Gasteiger partial charge is 0.274 e. The van der Waals surface area contributed by atoms with Crippen LogP contribution in [0.1, 0.15) is 6.42 Å². The number of nitrogens with zero attached hydrogens (tertiary/aromatic N) is 4. The van der Waals surface area contributed by atoms with Crippen molar-refractivity contribution < 1.29 is 18.0 Å². The number of hydrogen-bond acceptors (Lipinski definition) is 5. The molecule has 1 fully saturated rings. The van der Waals surface area contributed by atoms with Crippen LogP contribution in [0.4, 0.5) is 5.69 Å². The summed E-state index contributed by atoms with van der Waals surface area (Å²) in [5.41, 5.74) is 1.02. The fraction of sp³-hybridized carbons (Fsp3) is 0.353. The summed E-state index contributed by atoms with van der Waals surface area (Å²) in [6.07, 6.45) is 3.36. The van der Waals surface area contributed by atoms with Gasteiger partial charge in [-0.05, 0) is 18.6 Å². The van der Waals surface area contributed by atoms with E-state index < -0.39 is 28.1 Å². The van der Waals surface area contributed by atoms with Gasteiger partial charge in [0.1, 0.15) is 12.4 Å². The molecule has 2 amide bonds. The number of rotatable bonds is 3. The van der Waals surface area contributed by atoms with Gasteiger partial charge in [-0.1, -0.05) is 24.3 Å². The summed E-state index contributed by atoms with van der Waals surface area (Å²) < 4.78 is 27.4. The first-order valence-electron chi connectivity index (χ1n) is 8.22. The Kier molecular flexibility index (Phi) is 3.74. The lowest BCUT2D eigenvalue weighted by Gasteiger charge is -2.33. The molecule has 9 heteroatoms. The van der Waals surface area contributed by atoms with Gasteiger partial charge in [0.05, 0.1) is 23.2 Å². The molecule has 0 bridgehead atoms. The average molecular weight is 374 g/mol. The Labute approximate surface area is 151 Å². The molecule has 1 aliphatic carbocycles. The van der Waals surface area contributed by atoms with Crippen molar-refractivity contribution >= 4 is 34.0 Å². The molecule has 0 saturated carbocycles. The molecule has 3 aliphatic rings. The minimum Gasteiger partial charge on any atom is -0.274 e. The van der Waals surface area contributed by atoms with Crippen LogP contribution in [0.5, 0.6) is 0 Å². The number of benzene rings is 1. The van der Waals surface area contributed by atoms with E-state index in [2.05, 4.69) is 4.99 Å².